The summed E-state index contributed by atoms with van der Waals surface area (Å²) in [6, 6.07) is 0. The number of rotatable bonds is 3. The van der Waals surface area contributed by atoms with Crippen LogP contribution in [0.3, 0.4) is 0 Å². The molecule has 0 atom stereocenters. The normalized spacial score (nSPS) is 19.9. The minimum absolute atomic E-state index is 0.185. The molecule has 8 heavy (non-hydrogen) atoms. The molecule has 0 aromatic carbocycles. The molecule has 0 radical (unpaired) electrons. The number of hydrogen-bond acceptors (Lipinski definition) is 3. The molecule has 1 saturated carbocycles. The van der Waals surface area contributed by atoms with E-state index in [4.69, 9.17) is 4.74 Å². The van der Waals surface area contributed by atoms with Crippen LogP contribution < -0.4 is 0 Å². The third kappa shape index (κ3) is 2.84. The maximum atomic E-state index is 5.09. The van der Waals surface area contributed by atoms with Gasteiger partial charge < -0.3 is 4.74 Å². The van der Waals surface area contributed by atoms with E-state index in [0.717, 1.165) is 12.5 Å². The molecule has 0 saturated heterocycles. The molecule has 0 aromatic rings. The molecule has 0 unspecified atom stereocenters. The molecule has 0 N–H and O–H groups in total. The van der Waals surface area contributed by atoms with Crippen molar-refractivity contribution < 1.29 is 4.74 Å². The first-order chi connectivity index (χ1) is 3.79. The largest absolute Gasteiger partial charge is 0.358 e. The average Bonchev–Trinajstić information content (AvgIpc) is 2.41. The predicted octanol–water partition coefficient (Wildman–Crippen LogP) is 1.56. The highest BCUT2D eigenvalue weighted by Crippen LogP contribution is 2.29. The first-order valence-corrected chi connectivity index (χ1v) is 3.80. The standard InChI is InChI=1S/C5H10OS2/c7-5(8)6-3-4-1-2-4/h4-5,7-8H,1-3H2. The zero-order chi connectivity index (χ0) is 5.98. The Bertz CT molecular complexity index is 68.8. The summed E-state index contributed by atoms with van der Waals surface area (Å²) in [5.41, 5.74) is 0. The van der Waals surface area contributed by atoms with Crippen molar-refractivity contribution in [1.82, 2.24) is 0 Å². The Labute approximate surface area is 60.6 Å². The van der Waals surface area contributed by atoms with Crippen molar-refractivity contribution in [3.05, 3.63) is 0 Å². The van der Waals surface area contributed by atoms with Crippen molar-refractivity contribution in [1.29, 1.82) is 0 Å². The van der Waals surface area contributed by atoms with Crippen molar-refractivity contribution in [2.24, 2.45) is 5.92 Å². The summed E-state index contributed by atoms with van der Waals surface area (Å²) in [5, 5.41) is 0. The van der Waals surface area contributed by atoms with E-state index in [9.17, 15) is 0 Å². The minimum Gasteiger partial charge on any atom is -0.358 e. The molecule has 1 nitrogen and oxygen atoms in total. The minimum atomic E-state index is -0.185. The smallest absolute Gasteiger partial charge is 0.144 e. The Hall–Kier alpha value is 0.660. The van der Waals surface area contributed by atoms with Gasteiger partial charge in [-0.2, -0.15) is 0 Å². The summed E-state index contributed by atoms with van der Waals surface area (Å²) >= 11 is 7.88. The van der Waals surface area contributed by atoms with Crippen LogP contribution in [0.15, 0.2) is 0 Å². The molecule has 1 aliphatic rings. The van der Waals surface area contributed by atoms with Gasteiger partial charge in [0.1, 0.15) is 4.77 Å². The SMILES string of the molecule is SC(S)OCC1CC1. The van der Waals surface area contributed by atoms with Crippen LogP contribution in [-0.2, 0) is 4.74 Å². The second-order valence-electron chi connectivity index (χ2n) is 2.10. The maximum Gasteiger partial charge on any atom is 0.144 e. The molecule has 3 heteroatoms. The van der Waals surface area contributed by atoms with Gasteiger partial charge in [0.15, 0.2) is 0 Å². The van der Waals surface area contributed by atoms with Crippen LogP contribution >= 0.6 is 25.3 Å². The van der Waals surface area contributed by atoms with Crippen LogP contribution in [0.5, 0.6) is 0 Å². The highest BCUT2D eigenvalue weighted by atomic mass is 32.2. The quantitative estimate of drug-likeness (QED) is 0.458. The Kier molecular flexibility index (Phi) is 2.53. The van der Waals surface area contributed by atoms with Gasteiger partial charge in [-0.25, -0.2) is 0 Å². The van der Waals surface area contributed by atoms with E-state index in [2.05, 4.69) is 25.3 Å². The second-order valence-corrected chi connectivity index (χ2v) is 3.45. The van der Waals surface area contributed by atoms with Gasteiger partial charge in [-0.1, -0.05) is 0 Å². The van der Waals surface area contributed by atoms with E-state index in [1.807, 2.05) is 0 Å². The summed E-state index contributed by atoms with van der Waals surface area (Å²) < 4.78 is 4.91. The van der Waals surface area contributed by atoms with Gasteiger partial charge in [0, 0.05) is 0 Å². The summed E-state index contributed by atoms with van der Waals surface area (Å²) in [4.78, 5) is 0. The molecule has 0 aromatic heterocycles. The molecule has 48 valence electrons. The topological polar surface area (TPSA) is 9.23 Å². The lowest BCUT2D eigenvalue weighted by Crippen LogP contribution is -1.99. The number of hydrogen-bond donors (Lipinski definition) is 2. The van der Waals surface area contributed by atoms with E-state index < -0.39 is 0 Å². The highest BCUT2D eigenvalue weighted by molar-refractivity contribution is 7.98. The van der Waals surface area contributed by atoms with E-state index in [-0.39, 0.29) is 4.77 Å². The van der Waals surface area contributed by atoms with Crippen LogP contribution in [0.1, 0.15) is 12.8 Å². The molecule has 0 bridgehead atoms. The fraction of sp³-hybridized carbons (Fsp3) is 1.00. The van der Waals surface area contributed by atoms with Gasteiger partial charge >= 0.3 is 0 Å². The van der Waals surface area contributed by atoms with Crippen molar-refractivity contribution in [2.75, 3.05) is 6.61 Å². The summed E-state index contributed by atoms with van der Waals surface area (Å²) in [6.45, 7) is 0.845. The van der Waals surface area contributed by atoms with Crippen LogP contribution in [0.2, 0.25) is 0 Å². The molecule has 1 fully saturated rings. The third-order valence-electron chi connectivity index (χ3n) is 1.18. The molecule has 0 amide bonds. The second kappa shape index (κ2) is 2.99. The Morgan fingerprint density at radius 1 is 1.50 bits per heavy atom. The van der Waals surface area contributed by atoms with Crippen molar-refractivity contribution in [3.63, 3.8) is 0 Å². The summed E-state index contributed by atoms with van der Waals surface area (Å²) in [6.07, 6.45) is 2.66. The van der Waals surface area contributed by atoms with Gasteiger partial charge in [-0.15, -0.1) is 25.3 Å². The molecule has 1 rings (SSSR count). The van der Waals surface area contributed by atoms with Gasteiger partial charge in [-0.05, 0) is 18.8 Å². The van der Waals surface area contributed by atoms with Gasteiger partial charge in [0.25, 0.3) is 0 Å². The van der Waals surface area contributed by atoms with Crippen LogP contribution in [0.25, 0.3) is 0 Å². The Balaban J connectivity index is 1.87. The first kappa shape index (κ1) is 6.78. The van der Waals surface area contributed by atoms with Crippen LogP contribution in [-0.4, -0.2) is 11.4 Å². The Morgan fingerprint density at radius 3 is 2.50 bits per heavy atom. The monoisotopic (exact) mass is 150 g/mol. The number of ether oxygens (including phenoxy) is 1. The van der Waals surface area contributed by atoms with E-state index >= 15 is 0 Å². The number of thiol groups is 2. The van der Waals surface area contributed by atoms with E-state index in [1.165, 1.54) is 12.8 Å². The zero-order valence-corrected chi connectivity index (χ0v) is 6.37. The van der Waals surface area contributed by atoms with Gasteiger partial charge in [0.2, 0.25) is 0 Å². The molecular formula is C5H10OS2. The Morgan fingerprint density at radius 2 is 2.12 bits per heavy atom. The lowest BCUT2D eigenvalue weighted by Gasteiger charge is -2.02. The third-order valence-corrected chi connectivity index (χ3v) is 1.48. The van der Waals surface area contributed by atoms with E-state index in [0.29, 0.717) is 0 Å². The lowest BCUT2D eigenvalue weighted by atomic mass is 10.5. The average molecular weight is 150 g/mol. The van der Waals surface area contributed by atoms with Crippen LogP contribution in [0.4, 0.5) is 0 Å². The summed E-state index contributed by atoms with van der Waals surface area (Å²) in [7, 11) is 0. The van der Waals surface area contributed by atoms with Gasteiger partial charge in [-0.3, -0.25) is 0 Å². The van der Waals surface area contributed by atoms with Crippen molar-refractivity contribution in [3.8, 4) is 0 Å². The molecular weight excluding hydrogens is 140 g/mol. The highest BCUT2D eigenvalue weighted by Gasteiger charge is 2.21. The molecule has 0 spiro atoms. The van der Waals surface area contributed by atoms with E-state index in [1.54, 1.807) is 0 Å². The van der Waals surface area contributed by atoms with Crippen LogP contribution in [0, 0.1) is 5.92 Å². The predicted molar refractivity (Wildman–Crippen MR) is 40.4 cm³/mol. The fourth-order valence-corrected chi connectivity index (χ4v) is 0.679. The lowest BCUT2D eigenvalue weighted by molar-refractivity contribution is 0.154. The maximum absolute atomic E-state index is 5.09. The first-order valence-electron chi connectivity index (χ1n) is 2.77. The molecule has 0 heterocycles. The fourth-order valence-electron chi connectivity index (χ4n) is 0.507. The van der Waals surface area contributed by atoms with Crippen molar-refractivity contribution in [2.45, 2.75) is 17.6 Å². The summed E-state index contributed by atoms with van der Waals surface area (Å²) in [5.74, 6) is 0.816. The van der Waals surface area contributed by atoms with Gasteiger partial charge in [0.05, 0.1) is 6.61 Å². The zero-order valence-electron chi connectivity index (χ0n) is 4.58. The molecule has 1 aliphatic carbocycles. The molecule has 0 aliphatic heterocycles. The van der Waals surface area contributed by atoms with Crippen molar-refractivity contribution >= 4 is 25.3 Å².